The van der Waals surface area contributed by atoms with Crippen LogP contribution in [-0.2, 0) is 11.3 Å². The van der Waals surface area contributed by atoms with Crippen LogP contribution in [0, 0.1) is 5.82 Å². The van der Waals surface area contributed by atoms with E-state index in [4.69, 9.17) is 25.8 Å². The first-order valence-electron chi connectivity index (χ1n) is 11.4. The lowest BCUT2D eigenvalue weighted by Gasteiger charge is -2.25. The van der Waals surface area contributed by atoms with Crippen LogP contribution in [0.4, 0.5) is 4.39 Å². The molecule has 1 aliphatic rings. The van der Waals surface area contributed by atoms with Crippen LogP contribution in [0.2, 0.25) is 5.02 Å². The summed E-state index contributed by atoms with van der Waals surface area (Å²) in [5.41, 5.74) is 0.682. The van der Waals surface area contributed by atoms with E-state index in [1.807, 2.05) is 0 Å². The van der Waals surface area contributed by atoms with Gasteiger partial charge in [-0.2, -0.15) is 0 Å². The van der Waals surface area contributed by atoms with Crippen molar-refractivity contribution in [2.45, 2.75) is 25.5 Å². The van der Waals surface area contributed by atoms with Crippen LogP contribution >= 0.6 is 22.9 Å². The summed E-state index contributed by atoms with van der Waals surface area (Å²) in [6, 6.07) is 9.47. The van der Waals surface area contributed by atoms with Crippen molar-refractivity contribution in [1.29, 1.82) is 0 Å². The van der Waals surface area contributed by atoms with Gasteiger partial charge < -0.3 is 24.1 Å². The number of hydrogen-bond acceptors (Lipinski definition) is 6. The summed E-state index contributed by atoms with van der Waals surface area (Å²) < 4.78 is 30.9. The third-order valence-corrected chi connectivity index (χ3v) is 7.95. The first-order valence-corrected chi connectivity index (χ1v) is 12.6. The Kier molecular flexibility index (Phi) is 6.87. The molecule has 2 aromatic carbocycles. The lowest BCUT2D eigenvalue weighted by Crippen LogP contribution is -2.38. The average molecular weight is 531 g/mol. The van der Waals surface area contributed by atoms with Crippen LogP contribution in [0.3, 0.4) is 0 Å². The van der Waals surface area contributed by atoms with Crippen molar-refractivity contribution in [3.8, 4) is 11.5 Å². The molecule has 0 aliphatic carbocycles. The summed E-state index contributed by atoms with van der Waals surface area (Å²) in [6.07, 6.45) is 1.59. The minimum absolute atomic E-state index is 0.0528. The van der Waals surface area contributed by atoms with Crippen molar-refractivity contribution >= 4 is 49.8 Å². The Bertz CT molecular complexity index is 1510. The van der Waals surface area contributed by atoms with Gasteiger partial charge in [0.2, 0.25) is 0 Å². The smallest absolute Gasteiger partial charge is 0.265 e. The van der Waals surface area contributed by atoms with Gasteiger partial charge in [-0.05, 0) is 43.2 Å². The van der Waals surface area contributed by atoms with Crippen LogP contribution < -0.4 is 15.0 Å². The predicted molar refractivity (Wildman–Crippen MR) is 138 cm³/mol. The molecule has 0 spiro atoms. The van der Waals surface area contributed by atoms with E-state index < -0.39 is 5.82 Å². The van der Waals surface area contributed by atoms with E-state index in [1.54, 1.807) is 36.3 Å². The van der Waals surface area contributed by atoms with Gasteiger partial charge in [-0.3, -0.25) is 9.59 Å². The number of nitrogens with one attached hydrogen (secondary N) is 1. The quantitative estimate of drug-likeness (QED) is 0.347. The van der Waals surface area contributed by atoms with Crippen LogP contribution in [0.25, 0.3) is 21.0 Å². The van der Waals surface area contributed by atoms with E-state index in [2.05, 4.69) is 4.98 Å². The van der Waals surface area contributed by atoms with Gasteiger partial charge in [-0.15, -0.1) is 11.3 Å². The van der Waals surface area contributed by atoms with Crippen LogP contribution in [0.15, 0.2) is 41.2 Å². The molecule has 1 fully saturated rings. The molecule has 10 heteroatoms. The number of H-pyrrole nitrogens is 1. The zero-order chi connectivity index (χ0) is 25.4. The van der Waals surface area contributed by atoms with E-state index in [0.717, 1.165) is 29.6 Å². The van der Waals surface area contributed by atoms with Gasteiger partial charge in [0.05, 0.1) is 37.4 Å². The SMILES string of the molecule is COc1cc2cc(CN(CC3CCCO3)C(=O)c3sc4cc(F)ccc4c3Cl)c(=O)[nH]c2cc1OC. The molecular formula is C26H24ClFN2O5S. The molecule has 4 aromatic rings. The molecule has 188 valence electrons. The van der Waals surface area contributed by atoms with E-state index in [9.17, 15) is 14.0 Å². The second kappa shape index (κ2) is 10.1. The van der Waals surface area contributed by atoms with Crippen molar-refractivity contribution in [3.63, 3.8) is 0 Å². The minimum Gasteiger partial charge on any atom is -0.493 e. The first-order chi connectivity index (χ1) is 17.4. The molecule has 1 saturated heterocycles. The highest BCUT2D eigenvalue weighted by molar-refractivity contribution is 7.21. The van der Waals surface area contributed by atoms with Crippen LogP contribution in [0.1, 0.15) is 28.1 Å². The topological polar surface area (TPSA) is 80.9 Å². The largest absolute Gasteiger partial charge is 0.493 e. The normalized spacial score (nSPS) is 15.5. The number of nitrogens with zero attached hydrogens (tertiary/aromatic N) is 1. The lowest BCUT2D eigenvalue weighted by molar-refractivity contribution is 0.0510. The number of fused-ring (bicyclic) bond motifs is 2. The van der Waals surface area contributed by atoms with Gasteiger partial charge in [0, 0.05) is 40.3 Å². The number of ether oxygens (including phenoxy) is 3. The maximum Gasteiger partial charge on any atom is 0.265 e. The maximum absolute atomic E-state index is 13.8. The van der Waals surface area contributed by atoms with E-state index in [-0.39, 0.29) is 29.1 Å². The van der Waals surface area contributed by atoms with E-state index in [1.165, 1.54) is 19.2 Å². The molecule has 2 aromatic heterocycles. The van der Waals surface area contributed by atoms with Gasteiger partial charge in [0.15, 0.2) is 11.5 Å². The molecule has 1 atom stereocenters. The standard InChI is InChI=1S/C26H24ClFN2O5S/c1-33-20-9-14-8-15(25(31)29-19(14)11-21(20)34-2)12-30(13-17-4-3-7-35-17)26(32)24-23(27)18-6-5-16(28)10-22(18)36-24/h5-6,8-11,17H,3-4,7,12-13H2,1-2H3,(H,29,31). The monoisotopic (exact) mass is 530 g/mol. The number of pyridine rings is 1. The fourth-order valence-corrected chi connectivity index (χ4v) is 5.98. The average Bonchev–Trinajstić information content (AvgIpc) is 3.50. The second-order valence-corrected chi connectivity index (χ2v) is 10.1. The van der Waals surface area contributed by atoms with Gasteiger partial charge >= 0.3 is 0 Å². The van der Waals surface area contributed by atoms with Gasteiger partial charge in [-0.25, -0.2) is 4.39 Å². The third kappa shape index (κ3) is 4.66. The Hall–Kier alpha value is -3.14. The second-order valence-electron chi connectivity index (χ2n) is 8.62. The van der Waals surface area contributed by atoms with E-state index >= 15 is 0 Å². The number of hydrogen-bond donors (Lipinski definition) is 1. The molecule has 0 radical (unpaired) electrons. The van der Waals surface area contributed by atoms with Gasteiger partial charge in [-0.1, -0.05) is 11.6 Å². The highest BCUT2D eigenvalue weighted by Gasteiger charge is 2.28. The molecule has 1 unspecified atom stereocenters. The number of carbonyl (C=O) groups is 1. The number of benzene rings is 2. The van der Waals surface area contributed by atoms with Gasteiger partial charge in [0.25, 0.3) is 11.5 Å². The Labute approximate surface area is 215 Å². The number of rotatable bonds is 7. The molecule has 0 bridgehead atoms. The van der Waals surface area contributed by atoms with Crippen molar-refractivity contribution in [2.75, 3.05) is 27.4 Å². The minimum atomic E-state index is -0.398. The molecule has 1 N–H and O–H groups in total. The molecular weight excluding hydrogens is 507 g/mol. The fraction of sp³-hybridized carbons (Fsp3) is 0.308. The molecule has 7 nitrogen and oxygen atoms in total. The number of thiophene rings is 1. The molecule has 5 rings (SSSR count). The summed E-state index contributed by atoms with van der Waals surface area (Å²) in [6.45, 7) is 0.992. The third-order valence-electron chi connectivity index (χ3n) is 6.31. The molecule has 1 aliphatic heterocycles. The molecule has 1 amide bonds. The van der Waals surface area contributed by atoms with Gasteiger partial charge in [0.1, 0.15) is 10.7 Å². The van der Waals surface area contributed by atoms with Crippen molar-refractivity contribution in [2.24, 2.45) is 0 Å². The van der Waals surface area contributed by atoms with Crippen molar-refractivity contribution < 1.29 is 23.4 Å². The number of halogens is 2. The summed E-state index contributed by atoms with van der Waals surface area (Å²) in [7, 11) is 3.07. The Morgan fingerprint density at radius 3 is 2.72 bits per heavy atom. The number of carbonyl (C=O) groups excluding carboxylic acids is 1. The fourth-order valence-electron chi connectivity index (χ4n) is 4.47. The summed E-state index contributed by atoms with van der Waals surface area (Å²) in [4.78, 5) is 31.5. The maximum atomic E-state index is 13.8. The number of aromatic nitrogens is 1. The first kappa shape index (κ1) is 24.5. The Morgan fingerprint density at radius 2 is 2.00 bits per heavy atom. The number of methoxy groups -OCH3 is 2. The highest BCUT2D eigenvalue weighted by atomic mass is 35.5. The Balaban J connectivity index is 1.53. The highest BCUT2D eigenvalue weighted by Crippen LogP contribution is 2.37. The summed E-state index contributed by atoms with van der Waals surface area (Å²) in [5.74, 6) is 0.299. The zero-order valence-corrected chi connectivity index (χ0v) is 21.3. The predicted octanol–water partition coefficient (Wildman–Crippen LogP) is 5.37. The van der Waals surface area contributed by atoms with E-state index in [0.29, 0.717) is 50.7 Å². The molecule has 36 heavy (non-hydrogen) atoms. The number of amides is 1. The van der Waals surface area contributed by atoms with Crippen molar-refractivity contribution in [3.05, 3.63) is 68.0 Å². The van der Waals surface area contributed by atoms with Crippen LogP contribution in [0.5, 0.6) is 11.5 Å². The molecule has 3 heterocycles. The number of aromatic amines is 1. The van der Waals surface area contributed by atoms with Crippen LogP contribution in [-0.4, -0.2) is 49.3 Å². The zero-order valence-electron chi connectivity index (χ0n) is 19.7. The summed E-state index contributed by atoms with van der Waals surface area (Å²) in [5, 5.41) is 1.64. The summed E-state index contributed by atoms with van der Waals surface area (Å²) >= 11 is 7.69. The van der Waals surface area contributed by atoms with Crippen molar-refractivity contribution in [1.82, 2.24) is 9.88 Å². The molecule has 0 saturated carbocycles. The lowest BCUT2D eigenvalue weighted by atomic mass is 10.1. The Morgan fingerprint density at radius 1 is 1.22 bits per heavy atom.